The number of rotatable bonds is 7. The van der Waals surface area contributed by atoms with Gasteiger partial charge in [-0.15, -0.1) is 6.58 Å². The first-order valence-corrected chi connectivity index (χ1v) is 9.13. The zero-order valence-corrected chi connectivity index (χ0v) is 14.3. The van der Waals surface area contributed by atoms with Crippen LogP contribution in [0.2, 0.25) is 0 Å². The molecule has 0 spiro atoms. The van der Waals surface area contributed by atoms with Gasteiger partial charge in [-0.2, -0.15) is 4.31 Å². The summed E-state index contributed by atoms with van der Waals surface area (Å²) < 4.78 is 27.5. The molecule has 0 aromatic heterocycles. The van der Waals surface area contributed by atoms with Crippen LogP contribution in [0.3, 0.4) is 0 Å². The summed E-state index contributed by atoms with van der Waals surface area (Å²) in [7, 11) is -3.40. The third-order valence-electron chi connectivity index (χ3n) is 2.89. The molecule has 0 aliphatic rings. The van der Waals surface area contributed by atoms with Gasteiger partial charge in [0.25, 0.3) is 0 Å². The molecule has 0 fully saturated rings. The molecule has 0 amide bonds. The van der Waals surface area contributed by atoms with Crippen molar-refractivity contribution in [3.8, 4) is 0 Å². The molecule has 0 aliphatic heterocycles. The molecule has 1 aromatic carbocycles. The Bertz CT molecular complexity index is 511. The van der Waals surface area contributed by atoms with Gasteiger partial charge in [0, 0.05) is 17.5 Å². The van der Waals surface area contributed by atoms with Crippen LogP contribution in [0, 0.1) is 12.8 Å². The van der Waals surface area contributed by atoms with Gasteiger partial charge in [0.05, 0.1) is 4.90 Å². The third-order valence-corrected chi connectivity index (χ3v) is 5.25. The molecule has 1 atom stereocenters. The molecule has 0 saturated carbocycles. The van der Waals surface area contributed by atoms with Gasteiger partial charge in [-0.05, 0) is 25.0 Å². The van der Waals surface area contributed by atoms with E-state index in [1.807, 2.05) is 26.0 Å². The Hall–Kier alpha value is -0.400. The van der Waals surface area contributed by atoms with E-state index in [1.54, 1.807) is 18.2 Å². The maximum atomic E-state index is 12.6. The molecule has 0 radical (unpaired) electrons. The second kappa shape index (κ2) is 7.40. The van der Waals surface area contributed by atoms with Crippen molar-refractivity contribution in [1.82, 2.24) is 4.31 Å². The molecule has 5 heteroatoms. The highest BCUT2D eigenvalue weighted by Gasteiger charge is 2.24. The Morgan fingerprint density at radius 2 is 1.95 bits per heavy atom. The lowest BCUT2D eigenvalue weighted by atomic mass is 10.2. The second-order valence-corrected chi connectivity index (χ2v) is 7.59. The lowest BCUT2D eigenvalue weighted by molar-refractivity contribution is 0.400. The van der Waals surface area contributed by atoms with Crippen molar-refractivity contribution >= 4 is 32.6 Å². The molecule has 0 saturated heterocycles. The van der Waals surface area contributed by atoms with Gasteiger partial charge >= 0.3 is 0 Å². The van der Waals surface area contributed by atoms with Crippen LogP contribution in [0.1, 0.15) is 12.5 Å². The molecule has 1 unspecified atom stereocenters. The summed E-state index contributed by atoms with van der Waals surface area (Å²) in [6, 6.07) is 6.99. The van der Waals surface area contributed by atoms with Gasteiger partial charge in [-0.3, -0.25) is 0 Å². The smallest absolute Gasteiger partial charge is 0.207 e. The molecular formula is C14H20INO2S. The normalized spacial score (nSPS) is 13.5. The first-order valence-electron chi connectivity index (χ1n) is 6.17. The largest absolute Gasteiger partial charge is 0.243 e. The van der Waals surface area contributed by atoms with Crippen molar-refractivity contribution in [2.75, 3.05) is 17.5 Å². The molecule has 0 heterocycles. The summed E-state index contributed by atoms with van der Waals surface area (Å²) in [6.45, 7) is 8.63. The van der Waals surface area contributed by atoms with Crippen LogP contribution in [0.5, 0.6) is 0 Å². The Kier molecular flexibility index (Phi) is 6.49. The van der Waals surface area contributed by atoms with Crippen molar-refractivity contribution in [2.24, 2.45) is 5.92 Å². The molecular weight excluding hydrogens is 373 g/mol. The average Bonchev–Trinajstić information content (AvgIpc) is 2.38. The molecule has 3 nitrogen and oxygen atoms in total. The zero-order valence-electron chi connectivity index (χ0n) is 11.3. The van der Waals surface area contributed by atoms with Crippen LogP contribution in [0.25, 0.3) is 0 Å². The van der Waals surface area contributed by atoms with E-state index in [1.165, 1.54) is 4.31 Å². The van der Waals surface area contributed by atoms with Crippen LogP contribution in [-0.4, -0.2) is 30.2 Å². The summed E-state index contributed by atoms with van der Waals surface area (Å²) in [5, 5.41) is 0. The lowest BCUT2D eigenvalue weighted by Gasteiger charge is -2.23. The van der Waals surface area contributed by atoms with Gasteiger partial charge in [0.15, 0.2) is 0 Å². The SMILES string of the molecule is C=CC(C)CN(CCI)S(=O)(=O)c1ccc(C)cc1. The van der Waals surface area contributed by atoms with E-state index in [4.69, 9.17) is 0 Å². The number of halogens is 1. The lowest BCUT2D eigenvalue weighted by Crippen LogP contribution is -2.35. The molecule has 106 valence electrons. The van der Waals surface area contributed by atoms with Crippen LogP contribution < -0.4 is 0 Å². The second-order valence-electron chi connectivity index (χ2n) is 4.58. The summed E-state index contributed by atoms with van der Waals surface area (Å²) >= 11 is 2.19. The van der Waals surface area contributed by atoms with Crippen molar-refractivity contribution in [1.29, 1.82) is 0 Å². The fraction of sp³-hybridized carbons (Fsp3) is 0.429. The van der Waals surface area contributed by atoms with E-state index in [-0.39, 0.29) is 5.92 Å². The molecule has 0 bridgehead atoms. The van der Waals surface area contributed by atoms with Gasteiger partial charge in [0.2, 0.25) is 10.0 Å². The van der Waals surface area contributed by atoms with E-state index in [0.29, 0.717) is 18.0 Å². The minimum Gasteiger partial charge on any atom is -0.207 e. The molecule has 0 aliphatic carbocycles. The average molecular weight is 393 g/mol. The van der Waals surface area contributed by atoms with Crippen molar-refractivity contribution in [3.05, 3.63) is 42.5 Å². The van der Waals surface area contributed by atoms with Gasteiger partial charge in [-0.1, -0.05) is 53.3 Å². The van der Waals surface area contributed by atoms with Crippen LogP contribution in [0.4, 0.5) is 0 Å². The highest BCUT2D eigenvalue weighted by atomic mass is 127. The summed E-state index contributed by atoms with van der Waals surface area (Å²) in [5.74, 6) is 0.142. The Labute approximate surface area is 129 Å². The highest BCUT2D eigenvalue weighted by molar-refractivity contribution is 14.1. The minimum atomic E-state index is -3.40. The fourth-order valence-corrected chi connectivity index (χ4v) is 4.11. The molecule has 1 rings (SSSR count). The minimum absolute atomic E-state index is 0.142. The van der Waals surface area contributed by atoms with Gasteiger partial charge < -0.3 is 0 Å². The van der Waals surface area contributed by atoms with Crippen LogP contribution in [-0.2, 0) is 10.0 Å². The number of benzene rings is 1. The number of hydrogen-bond acceptors (Lipinski definition) is 2. The molecule has 19 heavy (non-hydrogen) atoms. The first-order chi connectivity index (χ1) is 8.91. The Morgan fingerprint density at radius 1 is 1.37 bits per heavy atom. The van der Waals surface area contributed by atoms with Crippen LogP contribution >= 0.6 is 22.6 Å². The fourth-order valence-electron chi connectivity index (χ4n) is 1.66. The predicted octanol–water partition coefficient (Wildman–Crippen LogP) is 3.24. The number of alkyl halides is 1. The highest BCUT2D eigenvalue weighted by Crippen LogP contribution is 2.18. The molecule has 0 N–H and O–H groups in total. The standard InChI is InChI=1S/C14H20INO2S/c1-4-12(2)11-16(10-9-15)19(17,18)14-7-5-13(3)6-8-14/h4-8,12H,1,9-11H2,2-3H3. The summed E-state index contributed by atoms with van der Waals surface area (Å²) in [6.07, 6.45) is 1.78. The number of sulfonamides is 1. The quantitative estimate of drug-likeness (QED) is 0.405. The van der Waals surface area contributed by atoms with Gasteiger partial charge in [-0.25, -0.2) is 8.42 Å². The van der Waals surface area contributed by atoms with E-state index in [2.05, 4.69) is 29.2 Å². The monoisotopic (exact) mass is 393 g/mol. The van der Waals surface area contributed by atoms with Crippen molar-refractivity contribution in [2.45, 2.75) is 18.7 Å². The third kappa shape index (κ3) is 4.57. The zero-order chi connectivity index (χ0) is 14.5. The van der Waals surface area contributed by atoms with E-state index >= 15 is 0 Å². The van der Waals surface area contributed by atoms with E-state index < -0.39 is 10.0 Å². The van der Waals surface area contributed by atoms with Crippen molar-refractivity contribution in [3.63, 3.8) is 0 Å². The Morgan fingerprint density at radius 3 is 2.42 bits per heavy atom. The van der Waals surface area contributed by atoms with Gasteiger partial charge in [0.1, 0.15) is 0 Å². The summed E-state index contributed by atoms with van der Waals surface area (Å²) in [5.41, 5.74) is 1.05. The first kappa shape index (κ1) is 16.7. The maximum absolute atomic E-state index is 12.6. The predicted molar refractivity (Wildman–Crippen MR) is 88.2 cm³/mol. The maximum Gasteiger partial charge on any atom is 0.243 e. The van der Waals surface area contributed by atoms with E-state index in [0.717, 1.165) is 9.99 Å². The van der Waals surface area contributed by atoms with Crippen LogP contribution in [0.15, 0.2) is 41.8 Å². The number of hydrogen-bond donors (Lipinski definition) is 0. The summed E-state index contributed by atoms with van der Waals surface area (Å²) in [4.78, 5) is 0.360. The topological polar surface area (TPSA) is 37.4 Å². The number of aryl methyl sites for hydroxylation is 1. The molecule has 1 aromatic rings. The van der Waals surface area contributed by atoms with Crippen molar-refractivity contribution < 1.29 is 8.42 Å². The number of nitrogens with zero attached hydrogens (tertiary/aromatic N) is 1. The Balaban J connectivity index is 3.05. The van der Waals surface area contributed by atoms with E-state index in [9.17, 15) is 8.42 Å².